The van der Waals surface area contributed by atoms with Gasteiger partial charge in [-0.05, 0) is 25.5 Å². The molecule has 1 unspecified atom stereocenters. The van der Waals surface area contributed by atoms with Crippen molar-refractivity contribution in [3.63, 3.8) is 0 Å². The summed E-state index contributed by atoms with van der Waals surface area (Å²) in [5.74, 6) is -0.628. The molecule has 5 nitrogen and oxygen atoms in total. The van der Waals surface area contributed by atoms with E-state index in [2.05, 4.69) is 10.3 Å². The summed E-state index contributed by atoms with van der Waals surface area (Å²) in [7, 11) is 0. The zero-order chi connectivity index (χ0) is 17.8. The number of hydrogen-bond acceptors (Lipinski definition) is 4. The average Bonchev–Trinajstić information content (AvgIpc) is 2.62. The van der Waals surface area contributed by atoms with Crippen LogP contribution in [0.5, 0.6) is 0 Å². The molecule has 2 aromatic carbocycles. The molecule has 0 bridgehead atoms. The molecule has 128 valence electrons. The summed E-state index contributed by atoms with van der Waals surface area (Å²) in [5, 5.41) is 4.10. The van der Waals surface area contributed by atoms with Crippen LogP contribution in [0.25, 0.3) is 10.9 Å². The Bertz CT molecular complexity index is 948. The number of nitrogens with one attached hydrogen (secondary N) is 2. The Morgan fingerprint density at radius 3 is 2.52 bits per heavy atom. The summed E-state index contributed by atoms with van der Waals surface area (Å²) in [4.78, 5) is 27.6. The Morgan fingerprint density at radius 1 is 1.12 bits per heavy atom. The quantitative estimate of drug-likeness (QED) is 0.694. The molecule has 3 rings (SSSR count). The maximum atomic E-state index is 12.5. The van der Waals surface area contributed by atoms with Crippen molar-refractivity contribution < 1.29 is 9.53 Å². The van der Waals surface area contributed by atoms with E-state index in [4.69, 9.17) is 4.74 Å². The number of para-hydroxylation sites is 1. The predicted octanol–water partition coefficient (Wildman–Crippen LogP) is 3.88. The molecule has 0 fully saturated rings. The molecule has 0 spiro atoms. The van der Waals surface area contributed by atoms with Gasteiger partial charge in [-0.15, -0.1) is 0 Å². The molecule has 25 heavy (non-hydrogen) atoms. The number of aromatic nitrogens is 1. The molecule has 1 heterocycles. The Morgan fingerprint density at radius 2 is 1.80 bits per heavy atom. The van der Waals surface area contributed by atoms with E-state index in [0.717, 1.165) is 10.9 Å². The second kappa shape index (κ2) is 7.21. The molecule has 1 aromatic heterocycles. The van der Waals surface area contributed by atoms with Crippen LogP contribution in [0.2, 0.25) is 0 Å². The molecule has 0 saturated heterocycles. The number of hydrogen-bond donors (Lipinski definition) is 2. The first-order valence-electron chi connectivity index (χ1n) is 8.25. The number of fused-ring (bicyclic) bond motifs is 1. The summed E-state index contributed by atoms with van der Waals surface area (Å²) in [6, 6.07) is 17.2. The van der Waals surface area contributed by atoms with Gasteiger partial charge in [0.2, 0.25) is 0 Å². The third-order valence-corrected chi connectivity index (χ3v) is 4.06. The fraction of sp³-hybridized carbons (Fsp3) is 0.200. The van der Waals surface area contributed by atoms with E-state index in [-0.39, 0.29) is 18.2 Å². The van der Waals surface area contributed by atoms with E-state index >= 15 is 0 Å². The van der Waals surface area contributed by atoms with Crippen LogP contribution in [0.1, 0.15) is 35.8 Å². The maximum Gasteiger partial charge on any atom is 0.345 e. The predicted molar refractivity (Wildman–Crippen MR) is 99.0 cm³/mol. The highest BCUT2D eigenvalue weighted by atomic mass is 16.5. The number of anilines is 1. The number of H-pyrrole nitrogens is 1. The van der Waals surface area contributed by atoms with Crippen molar-refractivity contribution in [2.75, 3.05) is 11.9 Å². The van der Waals surface area contributed by atoms with Crippen molar-refractivity contribution in [1.29, 1.82) is 0 Å². The molecule has 1 atom stereocenters. The standard InChI is InChI=1S/C20H20N2O3/c1-3-25-20(24)17-18(21-13(2)14-9-5-4-6-10-14)15-11-7-8-12-16(15)22-19(17)23/h4-13H,3H2,1-2H3,(H2,21,22,23). The minimum absolute atomic E-state index is 0.00308. The van der Waals surface area contributed by atoms with Gasteiger partial charge in [-0.1, -0.05) is 48.5 Å². The average molecular weight is 336 g/mol. The highest BCUT2D eigenvalue weighted by Gasteiger charge is 2.22. The van der Waals surface area contributed by atoms with Crippen molar-refractivity contribution in [3.8, 4) is 0 Å². The van der Waals surface area contributed by atoms with Crippen LogP contribution in [-0.2, 0) is 4.74 Å². The van der Waals surface area contributed by atoms with Gasteiger partial charge in [0, 0.05) is 11.4 Å². The number of rotatable bonds is 5. The van der Waals surface area contributed by atoms with E-state index in [1.807, 2.05) is 61.5 Å². The summed E-state index contributed by atoms with van der Waals surface area (Å²) >= 11 is 0. The molecule has 0 amide bonds. The molecule has 0 saturated carbocycles. The van der Waals surface area contributed by atoms with E-state index in [1.54, 1.807) is 6.92 Å². The third-order valence-electron chi connectivity index (χ3n) is 4.06. The number of aromatic amines is 1. The van der Waals surface area contributed by atoms with Crippen LogP contribution in [0.3, 0.4) is 0 Å². The lowest BCUT2D eigenvalue weighted by Crippen LogP contribution is -2.23. The summed E-state index contributed by atoms with van der Waals surface area (Å²) in [6.45, 7) is 3.91. The molecule has 5 heteroatoms. The van der Waals surface area contributed by atoms with Gasteiger partial charge < -0.3 is 15.0 Å². The van der Waals surface area contributed by atoms with Crippen LogP contribution in [0.15, 0.2) is 59.4 Å². The number of ether oxygens (including phenoxy) is 1. The number of carbonyl (C=O) groups excluding carboxylic acids is 1. The summed E-state index contributed by atoms with van der Waals surface area (Å²) < 4.78 is 5.09. The van der Waals surface area contributed by atoms with Gasteiger partial charge in [0.15, 0.2) is 0 Å². The first-order valence-corrected chi connectivity index (χ1v) is 8.25. The number of pyridine rings is 1. The van der Waals surface area contributed by atoms with E-state index in [0.29, 0.717) is 11.2 Å². The maximum absolute atomic E-state index is 12.5. The zero-order valence-corrected chi connectivity index (χ0v) is 14.2. The molecular formula is C20H20N2O3. The van der Waals surface area contributed by atoms with Gasteiger partial charge in [0.05, 0.1) is 17.8 Å². The first kappa shape index (κ1) is 16.8. The van der Waals surface area contributed by atoms with Crippen molar-refractivity contribution in [1.82, 2.24) is 4.98 Å². The lowest BCUT2D eigenvalue weighted by atomic mass is 10.0. The molecule has 2 N–H and O–H groups in total. The smallest absolute Gasteiger partial charge is 0.345 e. The fourth-order valence-corrected chi connectivity index (χ4v) is 2.83. The minimum Gasteiger partial charge on any atom is -0.462 e. The molecule has 0 radical (unpaired) electrons. The number of benzene rings is 2. The molecule has 0 aliphatic carbocycles. The summed E-state index contributed by atoms with van der Waals surface area (Å²) in [6.07, 6.45) is 0. The highest BCUT2D eigenvalue weighted by Crippen LogP contribution is 2.28. The van der Waals surface area contributed by atoms with E-state index in [1.165, 1.54) is 0 Å². The second-order valence-corrected chi connectivity index (χ2v) is 5.75. The lowest BCUT2D eigenvalue weighted by molar-refractivity contribution is 0.0525. The number of esters is 1. The second-order valence-electron chi connectivity index (χ2n) is 5.75. The Labute approximate surface area is 145 Å². The normalized spacial score (nSPS) is 11.9. The molecule has 0 aliphatic rings. The SMILES string of the molecule is CCOC(=O)c1c(NC(C)c2ccccc2)c2ccccc2[nH]c1=O. The van der Waals surface area contributed by atoms with Crippen molar-refractivity contribution in [2.45, 2.75) is 19.9 Å². The van der Waals surface area contributed by atoms with Crippen LogP contribution >= 0.6 is 0 Å². The lowest BCUT2D eigenvalue weighted by Gasteiger charge is -2.19. The van der Waals surface area contributed by atoms with Crippen LogP contribution in [-0.4, -0.2) is 17.6 Å². The topological polar surface area (TPSA) is 71.2 Å². The van der Waals surface area contributed by atoms with Gasteiger partial charge in [0.1, 0.15) is 5.56 Å². The Balaban J connectivity index is 2.15. The van der Waals surface area contributed by atoms with Crippen LogP contribution in [0.4, 0.5) is 5.69 Å². The largest absolute Gasteiger partial charge is 0.462 e. The van der Waals surface area contributed by atoms with Gasteiger partial charge >= 0.3 is 5.97 Å². The Hall–Kier alpha value is -3.08. The molecular weight excluding hydrogens is 316 g/mol. The van der Waals surface area contributed by atoms with Crippen LogP contribution < -0.4 is 10.9 Å². The number of carbonyl (C=O) groups is 1. The van der Waals surface area contributed by atoms with Gasteiger partial charge in [-0.25, -0.2) is 4.79 Å². The van der Waals surface area contributed by atoms with Crippen molar-refractivity contribution >= 4 is 22.6 Å². The minimum atomic E-state index is -0.628. The highest BCUT2D eigenvalue weighted by molar-refractivity contribution is 6.04. The van der Waals surface area contributed by atoms with E-state index < -0.39 is 11.5 Å². The first-order chi connectivity index (χ1) is 12.1. The fourth-order valence-electron chi connectivity index (χ4n) is 2.83. The zero-order valence-electron chi connectivity index (χ0n) is 14.2. The van der Waals surface area contributed by atoms with Gasteiger partial charge in [0.25, 0.3) is 5.56 Å². The monoisotopic (exact) mass is 336 g/mol. The van der Waals surface area contributed by atoms with Gasteiger partial charge in [-0.2, -0.15) is 0 Å². The molecule has 0 aliphatic heterocycles. The van der Waals surface area contributed by atoms with Crippen molar-refractivity contribution in [2.24, 2.45) is 0 Å². The van der Waals surface area contributed by atoms with Crippen LogP contribution in [0, 0.1) is 0 Å². The summed E-state index contributed by atoms with van der Waals surface area (Å²) in [5.41, 5.74) is 1.77. The molecule has 3 aromatic rings. The third kappa shape index (κ3) is 3.40. The van der Waals surface area contributed by atoms with E-state index in [9.17, 15) is 9.59 Å². The Kier molecular flexibility index (Phi) is 4.84. The van der Waals surface area contributed by atoms with Crippen molar-refractivity contribution in [3.05, 3.63) is 76.1 Å². The van der Waals surface area contributed by atoms with Gasteiger partial charge in [-0.3, -0.25) is 4.79 Å².